The van der Waals surface area contributed by atoms with Crippen LogP contribution >= 0.6 is 11.6 Å². The highest BCUT2D eigenvalue weighted by Gasteiger charge is 2.13. The lowest BCUT2D eigenvalue weighted by atomic mass is 10.0. The summed E-state index contributed by atoms with van der Waals surface area (Å²) in [5.41, 5.74) is 0.551. The molecule has 0 unspecified atom stereocenters. The number of hydrogen-bond donors (Lipinski definition) is 1. The number of fused-ring (bicyclic) bond motifs is 1. The third-order valence-corrected chi connectivity index (χ3v) is 3.47. The van der Waals surface area contributed by atoms with Crippen LogP contribution in [0, 0.1) is 0 Å². The summed E-state index contributed by atoms with van der Waals surface area (Å²) in [5.74, 6) is -1.09. The first kappa shape index (κ1) is 13.4. The van der Waals surface area contributed by atoms with Crippen molar-refractivity contribution in [3.05, 3.63) is 69.5 Å². The van der Waals surface area contributed by atoms with Crippen LogP contribution in [0.2, 0.25) is 5.02 Å². The van der Waals surface area contributed by atoms with Crippen molar-refractivity contribution in [3.63, 3.8) is 0 Å². The highest BCUT2D eigenvalue weighted by atomic mass is 35.5. The van der Waals surface area contributed by atoms with E-state index in [1.54, 1.807) is 24.3 Å². The van der Waals surface area contributed by atoms with E-state index in [2.05, 4.69) is 0 Å². The minimum atomic E-state index is -1.09. The Kier molecular flexibility index (Phi) is 3.23. The van der Waals surface area contributed by atoms with Gasteiger partial charge in [-0.2, -0.15) is 0 Å². The number of halogens is 1. The molecule has 104 valence electrons. The van der Waals surface area contributed by atoms with E-state index in [0.717, 1.165) is 5.39 Å². The van der Waals surface area contributed by atoms with Crippen molar-refractivity contribution in [1.29, 1.82) is 0 Å². The predicted octanol–water partition coefficient (Wildman–Crippen LogP) is 3.81. The molecule has 1 heterocycles. The van der Waals surface area contributed by atoms with Crippen molar-refractivity contribution in [2.24, 2.45) is 0 Å². The SMILES string of the molecule is O=C(O)c1ccc(Cl)c(-c2cc3ccccc3oc2=O)c1. The normalized spacial score (nSPS) is 10.7. The minimum absolute atomic E-state index is 0.0574. The third kappa shape index (κ3) is 2.41. The van der Waals surface area contributed by atoms with Crippen molar-refractivity contribution in [2.45, 2.75) is 0 Å². The van der Waals surface area contributed by atoms with Crippen LogP contribution in [0.15, 0.2) is 57.7 Å². The molecule has 0 saturated carbocycles. The van der Waals surface area contributed by atoms with E-state index in [9.17, 15) is 9.59 Å². The fourth-order valence-corrected chi connectivity index (χ4v) is 2.33. The van der Waals surface area contributed by atoms with Gasteiger partial charge < -0.3 is 9.52 Å². The molecule has 1 aromatic heterocycles. The molecule has 0 fully saturated rings. The highest BCUT2D eigenvalue weighted by molar-refractivity contribution is 6.33. The summed E-state index contributed by atoms with van der Waals surface area (Å²) >= 11 is 6.09. The standard InChI is InChI=1S/C16H9ClO4/c17-13-6-5-10(15(18)19)8-11(13)12-7-9-3-1-2-4-14(9)21-16(12)20/h1-8H,(H,18,19). The van der Waals surface area contributed by atoms with Crippen LogP contribution in [0.25, 0.3) is 22.1 Å². The van der Waals surface area contributed by atoms with Crippen molar-refractivity contribution >= 4 is 28.5 Å². The second kappa shape index (κ2) is 5.07. The molecule has 0 aliphatic heterocycles. The van der Waals surface area contributed by atoms with E-state index in [-0.39, 0.29) is 11.1 Å². The van der Waals surface area contributed by atoms with Gasteiger partial charge in [0.15, 0.2) is 0 Å². The number of hydrogen-bond acceptors (Lipinski definition) is 3. The number of carbonyl (C=O) groups is 1. The lowest BCUT2D eigenvalue weighted by Crippen LogP contribution is -2.04. The van der Waals surface area contributed by atoms with E-state index in [4.69, 9.17) is 21.1 Å². The van der Waals surface area contributed by atoms with E-state index in [1.807, 2.05) is 6.07 Å². The smallest absolute Gasteiger partial charge is 0.344 e. The topological polar surface area (TPSA) is 67.5 Å². The lowest BCUT2D eigenvalue weighted by Gasteiger charge is -2.06. The van der Waals surface area contributed by atoms with Crippen LogP contribution in [-0.4, -0.2) is 11.1 Å². The van der Waals surface area contributed by atoms with Crippen LogP contribution in [0.5, 0.6) is 0 Å². The van der Waals surface area contributed by atoms with Crippen molar-refractivity contribution in [1.82, 2.24) is 0 Å². The molecule has 1 N–H and O–H groups in total. The third-order valence-electron chi connectivity index (χ3n) is 3.14. The Morgan fingerprint density at radius 2 is 1.81 bits per heavy atom. The number of para-hydroxylation sites is 1. The summed E-state index contributed by atoms with van der Waals surface area (Å²) in [5, 5.41) is 10.1. The first-order chi connectivity index (χ1) is 10.1. The van der Waals surface area contributed by atoms with Gasteiger partial charge in [-0.1, -0.05) is 29.8 Å². The second-order valence-corrected chi connectivity index (χ2v) is 4.89. The summed E-state index contributed by atoms with van der Waals surface area (Å²) in [7, 11) is 0. The Morgan fingerprint density at radius 3 is 2.57 bits per heavy atom. The molecule has 0 amide bonds. The van der Waals surface area contributed by atoms with Crippen LogP contribution in [0.1, 0.15) is 10.4 Å². The van der Waals surface area contributed by atoms with Gasteiger partial charge in [0.25, 0.3) is 0 Å². The largest absolute Gasteiger partial charge is 0.478 e. The number of rotatable bonds is 2. The molecule has 0 atom stereocenters. The fourth-order valence-electron chi connectivity index (χ4n) is 2.11. The van der Waals surface area contributed by atoms with Gasteiger partial charge in [0, 0.05) is 16.0 Å². The summed E-state index contributed by atoms with van der Waals surface area (Å²) in [6.45, 7) is 0. The summed E-state index contributed by atoms with van der Waals surface area (Å²) < 4.78 is 5.24. The van der Waals surface area contributed by atoms with Crippen LogP contribution < -0.4 is 5.63 Å². The zero-order chi connectivity index (χ0) is 15.0. The molecule has 0 aliphatic rings. The predicted molar refractivity (Wildman–Crippen MR) is 79.9 cm³/mol. The lowest BCUT2D eigenvalue weighted by molar-refractivity contribution is 0.0697. The number of carboxylic acids is 1. The van der Waals surface area contributed by atoms with Crippen molar-refractivity contribution in [3.8, 4) is 11.1 Å². The van der Waals surface area contributed by atoms with E-state index >= 15 is 0 Å². The summed E-state index contributed by atoms with van der Waals surface area (Å²) in [6.07, 6.45) is 0. The van der Waals surface area contributed by atoms with Gasteiger partial charge in [-0.25, -0.2) is 9.59 Å². The average molecular weight is 301 g/mol. The Labute approximate surface area is 124 Å². The molecule has 3 rings (SSSR count). The zero-order valence-corrected chi connectivity index (χ0v) is 11.4. The molecule has 0 spiro atoms. The van der Waals surface area contributed by atoms with Gasteiger partial charge in [-0.3, -0.25) is 0 Å². The molecule has 0 saturated heterocycles. The second-order valence-electron chi connectivity index (χ2n) is 4.49. The maximum absolute atomic E-state index is 12.1. The van der Waals surface area contributed by atoms with E-state index < -0.39 is 11.6 Å². The molecule has 2 aromatic carbocycles. The number of carboxylic acid groups (broad SMARTS) is 1. The van der Waals surface area contributed by atoms with Crippen LogP contribution in [0.3, 0.4) is 0 Å². The molecule has 0 aliphatic carbocycles. The first-order valence-corrected chi connectivity index (χ1v) is 6.50. The van der Waals surface area contributed by atoms with Crippen LogP contribution in [-0.2, 0) is 0 Å². The molecular weight excluding hydrogens is 292 g/mol. The Hall–Kier alpha value is -2.59. The average Bonchev–Trinajstić information content (AvgIpc) is 2.47. The van der Waals surface area contributed by atoms with Gasteiger partial charge in [0.1, 0.15) is 5.58 Å². The Morgan fingerprint density at radius 1 is 1.05 bits per heavy atom. The van der Waals surface area contributed by atoms with Gasteiger partial charge in [-0.05, 0) is 30.3 Å². The maximum atomic E-state index is 12.1. The van der Waals surface area contributed by atoms with Gasteiger partial charge in [0.2, 0.25) is 0 Å². The monoisotopic (exact) mass is 300 g/mol. The Bertz CT molecular complexity index is 912. The maximum Gasteiger partial charge on any atom is 0.344 e. The van der Waals surface area contributed by atoms with E-state index in [1.165, 1.54) is 18.2 Å². The molecule has 4 nitrogen and oxygen atoms in total. The van der Waals surface area contributed by atoms with E-state index in [0.29, 0.717) is 16.2 Å². The quantitative estimate of drug-likeness (QED) is 0.731. The molecule has 0 radical (unpaired) electrons. The van der Waals surface area contributed by atoms with Gasteiger partial charge in [-0.15, -0.1) is 0 Å². The van der Waals surface area contributed by atoms with Crippen LogP contribution in [0.4, 0.5) is 0 Å². The van der Waals surface area contributed by atoms with Crippen molar-refractivity contribution < 1.29 is 14.3 Å². The highest BCUT2D eigenvalue weighted by Crippen LogP contribution is 2.28. The molecule has 21 heavy (non-hydrogen) atoms. The molecular formula is C16H9ClO4. The summed E-state index contributed by atoms with van der Waals surface area (Å²) in [6, 6.07) is 12.9. The van der Waals surface area contributed by atoms with Gasteiger partial charge in [0.05, 0.1) is 11.1 Å². The summed E-state index contributed by atoms with van der Waals surface area (Å²) in [4.78, 5) is 23.1. The van der Waals surface area contributed by atoms with Gasteiger partial charge >= 0.3 is 11.6 Å². The number of aromatic carboxylic acids is 1. The molecule has 0 bridgehead atoms. The minimum Gasteiger partial charge on any atom is -0.478 e. The fraction of sp³-hybridized carbons (Fsp3) is 0. The number of benzene rings is 2. The zero-order valence-electron chi connectivity index (χ0n) is 10.7. The molecule has 3 aromatic rings. The Balaban J connectivity index is 2.29. The van der Waals surface area contributed by atoms with Crippen molar-refractivity contribution in [2.75, 3.05) is 0 Å². The molecule has 5 heteroatoms. The first-order valence-electron chi connectivity index (χ1n) is 6.12.